The number of carbonyl (C=O) groups excluding carboxylic acids is 1. The summed E-state index contributed by atoms with van der Waals surface area (Å²) in [5.41, 5.74) is 7.98. The zero-order valence-corrected chi connectivity index (χ0v) is 11.6. The minimum absolute atomic E-state index is 0.0807. The lowest BCUT2D eigenvalue weighted by Gasteiger charge is -2.17. The number of benzene rings is 2. The fourth-order valence-electron chi connectivity index (χ4n) is 1.90. The number of carboxylic acids is 1. The van der Waals surface area contributed by atoms with Gasteiger partial charge in [0.25, 0.3) is 0 Å². The number of carboxylic acid groups (broad SMARTS) is 1. The monoisotopic (exact) mass is 284 g/mol. The van der Waals surface area contributed by atoms with Crippen LogP contribution >= 0.6 is 0 Å². The van der Waals surface area contributed by atoms with Gasteiger partial charge >= 0.3 is 5.97 Å². The number of hydrogen-bond donors (Lipinski definition) is 2. The van der Waals surface area contributed by atoms with E-state index in [1.165, 1.54) is 17.0 Å². The number of nitrogens with two attached hydrogens (primary N) is 1. The highest BCUT2D eigenvalue weighted by molar-refractivity contribution is 5.95. The lowest BCUT2D eigenvalue weighted by molar-refractivity contribution is -0.117. The number of rotatable bonds is 4. The van der Waals surface area contributed by atoms with Crippen LogP contribution in [0.25, 0.3) is 0 Å². The van der Waals surface area contributed by atoms with Crippen molar-refractivity contribution in [1.29, 1.82) is 0 Å². The van der Waals surface area contributed by atoms with E-state index in [2.05, 4.69) is 0 Å². The molecule has 2 aromatic rings. The first kappa shape index (κ1) is 14.6. The average molecular weight is 284 g/mol. The molecule has 1 amide bonds. The second-order valence-electron chi connectivity index (χ2n) is 4.72. The van der Waals surface area contributed by atoms with Crippen molar-refractivity contribution in [2.45, 2.75) is 6.42 Å². The van der Waals surface area contributed by atoms with Gasteiger partial charge in [-0.2, -0.15) is 0 Å². The van der Waals surface area contributed by atoms with Gasteiger partial charge < -0.3 is 15.7 Å². The van der Waals surface area contributed by atoms with Crippen LogP contribution in [0.2, 0.25) is 0 Å². The van der Waals surface area contributed by atoms with Crippen LogP contribution in [0.15, 0.2) is 48.5 Å². The van der Waals surface area contributed by atoms with Crippen molar-refractivity contribution < 1.29 is 14.7 Å². The van der Waals surface area contributed by atoms with Crippen molar-refractivity contribution in [3.63, 3.8) is 0 Å². The normalized spacial score (nSPS) is 10.1. The first-order valence-corrected chi connectivity index (χ1v) is 6.41. The number of aromatic carboxylic acids is 1. The number of amides is 1. The topological polar surface area (TPSA) is 83.6 Å². The van der Waals surface area contributed by atoms with Crippen molar-refractivity contribution in [2.24, 2.45) is 0 Å². The molecule has 2 rings (SSSR count). The quantitative estimate of drug-likeness (QED) is 0.843. The molecule has 0 aliphatic rings. The maximum atomic E-state index is 12.2. The van der Waals surface area contributed by atoms with E-state index in [0.29, 0.717) is 11.4 Å². The molecule has 3 N–H and O–H groups in total. The fraction of sp³-hybridized carbons (Fsp3) is 0.125. The van der Waals surface area contributed by atoms with Crippen LogP contribution in [-0.4, -0.2) is 24.0 Å². The third-order valence-electron chi connectivity index (χ3n) is 3.21. The van der Waals surface area contributed by atoms with Gasteiger partial charge in [-0.15, -0.1) is 0 Å². The highest BCUT2D eigenvalue weighted by atomic mass is 16.4. The van der Waals surface area contributed by atoms with E-state index >= 15 is 0 Å². The van der Waals surface area contributed by atoms with Crippen molar-refractivity contribution in [1.82, 2.24) is 0 Å². The molecule has 5 heteroatoms. The van der Waals surface area contributed by atoms with Crippen LogP contribution in [0, 0.1) is 0 Å². The van der Waals surface area contributed by atoms with E-state index < -0.39 is 5.97 Å². The lowest BCUT2D eigenvalue weighted by atomic mass is 10.1. The Kier molecular flexibility index (Phi) is 4.23. The maximum absolute atomic E-state index is 12.2. The van der Waals surface area contributed by atoms with Gasteiger partial charge in [-0.25, -0.2) is 4.79 Å². The van der Waals surface area contributed by atoms with Crippen molar-refractivity contribution in [2.75, 3.05) is 17.7 Å². The van der Waals surface area contributed by atoms with Crippen molar-refractivity contribution >= 4 is 23.3 Å². The van der Waals surface area contributed by atoms with Crippen molar-refractivity contribution in [3.8, 4) is 0 Å². The summed E-state index contributed by atoms with van der Waals surface area (Å²) in [5.74, 6) is -1.07. The van der Waals surface area contributed by atoms with Gasteiger partial charge in [-0.1, -0.05) is 12.1 Å². The predicted octanol–water partition coefficient (Wildman–Crippen LogP) is 2.17. The Hall–Kier alpha value is -2.82. The molecule has 0 atom stereocenters. The lowest BCUT2D eigenvalue weighted by Crippen LogP contribution is -2.27. The molecule has 0 radical (unpaired) electrons. The van der Waals surface area contributed by atoms with Crippen LogP contribution < -0.4 is 10.6 Å². The molecule has 0 saturated carbocycles. The van der Waals surface area contributed by atoms with Gasteiger partial charge in [-0.05, 0) is 42.0 Å². The number of anilines is 2. The summed E-state index contributed by atoms with van der Waals surface area (Å²) in [7, 11) is 1.66. The van der Waals surface area contributed by atoms with Crippen molar-refractivity contribution in [3.05, 3.63) is 59.7 Å². The molecule has 0 unspecified atom stereocenters. The van der Waals surface area contributed by atoms with E-state index in [0.717, 1.165) is 5.56 Å². The number of carbonyl (C=O) groups is 2. The summed E-state index contributed by atoms with van der Waals surface area (Å²) in [6.45, 7) is 0. The molecular weight excluding hydrogens is 268 g/mol. The first-order valence-electron chi connectivity index (χ1n) is 6.41. The Labute approximate surface area is 122 Å². The molecule has 5 nitrogen and oxygen atoms in total. The summed E-state index contributed by atoms with van der Waals surface area (Å²) in [6.07, 6.45) is 0.261. The molecule has 0 spiro atoms. The van der Waals surface area contributed by atoms with Gasteiger partial charge in [-0.3, -0.25) is 4.79 Å². The Morgan fingerprint density at radius 2 is 1.62 bits per heavy atom. The minimum Gasteiger partial charge on any atom is -0.478 e. The number of hydrogen-bond acceptors (Lipinski definition) is 3. The van der Waals surface area contributed by atoms with Crippen LogP contribution in [-0.2, 0) is 11.2 Å². The van der Waals surface area contributed by atoms with Gasteiger partial charge in [0.1, 0.15) is 0 Å². The SMILES string of the molecule is CN(C(=O)Cc1ccc(N)cc1)c1ccc(C(=O)O)cc1. The number of nitrogens with zero attached hydrogens (tertiary/aromatic N) is 1. The van der Waals surface area contributed by atoms with Gasteiger partial charge in [0.05, 0.1) is 12.0 Å². The molecule has 0 saturated heterocycles. The van der Waals surface area contributed by atoms with E-state index in [9.17, 15) is 9.59 Å². The zero-order chi connectivity index (χ0) is 15.4. The van der Waals surface area contributed by atoms with E-state index in [1.54, 1.807) is 31.3 Å². The van der Waals surface area contributed by atoms with E-state index in [1.807, 2.05) is 12.1 Å². The molecule has 0 heterocycles. The summed E-state index contributed by atoms with van der Waals surface area (Å²) in [4.78, 5) is 24.5. The first-order chi connectivity index (χ1) is 9.97. The van der Waals surface area contributed by atoms with Gasteiger partial charge in [0, 0.05) is 18.4 Å². The summed E-state index contributed by atoms with van der Waals surface area (Å²) >= 11 is 0. The molecule has 0 aliphatic carbocycles. The molecule has 2 aromatic carbocycles. The third-order valence-corrected chi connectivity index (χ3v) is 3.21. The Bertz CT molecular complexity index is 648. The predicted molar refractivity (Wildman–Crippen MR) is 81.4 cm³/mol. The Balaban J connectivity index is 2.08. The highest BCUT2D eigenvalue weighted by Gasteiger charge is 2.12. The standard InChI is InChI=1S/C16H16N2O3/c1-18(14-8-4-12(5-9-14)16(20)21)15(19)10-11-2-6-13(17)7-3-11/h2-9H,10,17H2,1H3,(H,20,21). The second-order valence-corrected chi connectivity index (χ2v) is 4.72. The smallest absolute Gasteiger partial charge is 0.335 e. The van der Waals surface area contributed by atoms with E-state index in [4.69, 9.17) is 10.8 Å². The summed E-state index contributed by atoms with van der Waals surface area (Å²) in [6, 6.07) is 13.3. The largest absolute Gasteiger partial charge is 0.478 e. The molecule has 108 valence electrons. The number of nitrogen functional groups attached to an aromatic ring is 1. The average Bonchev–Trinajstić information content (AvgIpc) is 2.49. The van der Waals surface area contributed by atoms with Gasteiger partial charge in [0.2, 0.25) is 5.91 Å². The Morgan fingerprint density at radius 3 is 2.14 bits per heavy atom. The maximum Gasteiger partial charge on any atom is 0.335 e. The molecule has 0 aliphatic heterocycles. The third kappa shape index (κ3) is 3.60. The summed E-state index contributed by atoms with van der Waals surface area (Å²) in [5, 5.41) is 8.85. The second kappa shape index (κ2) is 6.09. The highest BCUT2D eigenvalue weighted by Crippen LogP contribution is 2.16. The number of likely N-dealkylation sites (N-methyl/N-ethyl adjacent to an activating group) is 1. The molecule has 0 aromatic heterocycles. The summed E-state index contributed by atoms with van der Waals surface area (Å²) < 4.78 is 0. The fourth-order valence-corrected chi connectivity index (χ4v) is 1.90. The van der Waals surface area contributed by atoms with E-state index in [-0.39, 0.29) is 17.9 Å². The molecule has 0 fully saturated rings. The molecular formula is C16H16N2O3. The van der Waals surface area contributed by atoms with Crippen LogP contribution in [0.3, 0.4) is 0 Å². The van der Waals surface area contributed by atoms with Gasteiger partial charge in [0.15, 0.2) is 0 Å². The Morgan fingerprint density at radius 1 is 1.05 bits per heavy atom. The zero-order valence-electron chi connectivity index (χ0n) is 11.6. The van der Waals surface area contributed by atoms with Crippen LogP contribution in [0.5, 0.6) is 0 Å². The molecule has 0 bridgehead atoms. The minimum atomic E-state index is -0.989. The van der Waals surface area contributed by atoms with Crippen LogP contribution in [0.4, 0.5) is 11.4 Å². The van der Waals surface area contributed by atoms with Crippen LogP contribution in [0.1, 0.15) is 15.9 Å². The molecule has 21 heavy (non-hydrogen) atoms.